The van der Waals surface area contributed by atoms with Crippen LogP contribution in [0, 0.1) is 5.92 Å². The molecule has 0 aromatic carbocycles. The highest BCUT2D eigenvalue weighted by Gasteiger charge is 2.29. The van der Waals surface area contributed by atoms with Gasteiger partial charge in [0.15, 0.2) is 0 Å². The minimum absolute atomic E-state index is 0.0804. The molecule has 2 unspecified atom stereocenters. The van der Waals surface area contributed by atoms with Crippen molar-refractivity contribution in [1.29, 1.82) is 0 Å². The molecular formula is C12H20N2O2. The van der Waals surface area contributed by atoms with Crippen LogP contribution in [0.15, 0.2) is 12.2 Å². The summed E-state index contributed by atoms with van der Waals surface area (Å²) in [6, 6.07) is 0.255. The van der Waals surface area contributed by atoms with Crippen molar-refractivity contribution in [3.8, 4) is 0 Å². The van der Waals surface area contributed by atoms with E-state index in [0.29, 0.717) is 13.2 Å². The molecule has 0 aliphatic carbocycles. The number of nitrogens with zero attached hydrogens (tertiary/aromatic N) is 1. The summed E-state index contributed by atoms with van der Waals surface area (Å²) >= 11 is 0. The number of morpholine rings is 1. The number of hydrogen-bond donors (Lipinski definition) is 1. The van der Waals surface area contributed by atoms with Crippen LogP contribution in [0.3, 0.4) is 0 Å². The van der Waals surface area contributed by atoms with E-state index >= 15 is 0 Å². The van der Waals surface area contributed by atoms with Crippen LogP contribution in [0.1, 0.15) is 13.3 Å². The molecule has 1 saturated heterocycles. The average Bonchev–Trinajstić information content (AvgIpc) is 2.54. The van der Waals surface area contributed by atoms with Gasteiger partial charge < -0.3 is 15.0 Å². The first-order valence-electron chi connectivity index (χ1n) is 6.04. The summed E-state index contributed by atoms with van der Waals surface area (Å²) in [5.41, 5.74) is 0. The molecule has 1 fully saturated rings. The highest BCUT2D eigenvalue weighted by atomic mass is 16.5. The second-order valence-corrected chi connectivity index (χ2v) is 4.45. The first-order valence-corrected chi connectivity index (χ1v) is 6.04. The molecule has 2 atom stereocenters. The molecule has 4 heteroatoms. The summed E-state index contributed by atoms with van der Waals surface area (Å²) in [5.74, 6) is 0.353. The van der Waals surface area contributed by atoms with E-state index in [1.165, 1.54) is 0 Å². The highest BCUT2D eigenvalue weighted by molar-refractivity contribution is 5.80. The normalized spacial score (nSPS) is 31.2. The molecule has 1 amide bonds. The third-order valence-corrected chi connectivity index (χ3v) is 3.36. The first kappa shape index (κ1) is 11.6. The minimum Gasteiger partial charge on any atom is -0.378 e. The molecule has 2 heterocycles. The maximum Gasteiger partial charge on any atom is 0.227 e. The summed E-state index contributed by atoms with van der Waals surface area (Å²) in [4.78, 5) is 14.2. The van der Waals surface area contributed by atoms with Gasteiger partial charge in [-0.1, -0.05) is 12.2 Å². The molecule has 2 aliphatic heterocycles. The van der Waals surface area contributed by atoms with Crippen LogP contribution in [0.2, 0.25) is 0 Å². The van der Waals surface area contributed by atoms with Crippen LogP contribution in [-0.2, 0) is 9.53 Å². The van der Waals surface area contributed by atoms with Gasteiger partial charge in [-0.2, -0.15) is 0 Å². The van der Waals surface area contributed by atoms with Crippen LogP contribution >= 0.6 is 0 Å². The molecular weight excluding hydrogens is 204 g/mol. The zero-order valence-electron chi connectivity index (χ0n) is 9.82. The van der Waals surface area contributed by atoms with E-state index < -0.39 is 0 Å². The number of rotatable bonds is 1. The molecule has 0 radical (unpaired) electrons. The van der Waals surface area contributed by atoms with E-state index in [1.807, 2.05) is 4.90 Å². The first-order chi connectivity index (χ1) is 7.79. The molecule has 0 aromatic rings. The number of amides is 1. The Hall–Kier alpha value is -0.870. The zero-order chi connectivity index (χ0) is 11.4. The molecule has 1 N–H and O–H groups in total. The largest absolute Gasteiger partial charge is 0.378 e. The van der Waals surface area contributed by atoms with Crippen molar-refractivity contribution in [2.45, 2.75) is 19.4 Å². The van der Waals surface area contributed by atoms with Gasteiger partial charge in [0, 0.05) is 25.7 Å². The average molecular weight is 224 g/mol. The third-order valence-electron chi connectivity index (χ3n) is 3.36. The molecule has 0 bridgehead atoms. The van der Waals surface area contributed by atoms with Crippen molar-refractivity contribution >= 4 is 5.91 Å². The van der Waals surface area contributed by atoms with Crippen LogP contribution in [-0.4, -0.2) is 49.7 Å². The minimum atomic E-state index is 0.0804. The predicted molar refractivity (Wildman–Crippen MR) is 62.1 cm³/mol. The summed E-state index contributed by atoms with van der Waals surface area (Å²) in [5, 5.41) is 3.35. The summed E-state index contributed by atoms with van der Waals surface area (Å²) in [6.45, 7) is 5.80. The van der Waals surface area contributed by atoms with Gasteiger partial charge in [0.25, 0.3) is 0 Å². The highest BCUT2D eigenvalue weighted by Crippen LogP contribution is 2.16. The standard InChI is InChI=1S/C12H20N2O2/c1-10-11(4-2-3-5-13-10)12(15)14-6-8-16-9-7-14/h2-3,10-11,13H,4-9H2,1H3. The lowest BCUT2D eigenvalue weighted by Gasteiger charge is -2.32. The number of hydrogen-bond acceptors (Lipinski definition) is 3. The van der Waals surface area contributed by atoms with E-state index in [0.717, 1.165) is 26.1 Å². The van der Waals surface area contributed by atoms with Gasteiger partial charge in [0.05, 0.1) is 19.1 Å². The van der Waals surface area contributed by atoms with E-state index in [-0.39, 0.29) is 17.9 Å². The fraction of sp³-hybridized carbons (Fsp3) is 0.750. The molecule has 2 aliphatic rings. The topological polar surface area (TPSA) is 41.6 Å². The number of carbonyl (C=O) groups is 1. The summed E-state index contributed by atoms with van der Waals surface area (Å²) in [7, 11) is 0. The van der Waals surface area contributed by atoms with Crippen molar-refractivity contribution < 1.29 is 9.53 Å². The third kappa shape index (κ3) is 2.62. The molecule has 0 aromatic heterocycles. The van der Waals surface area contributed by atoms with Gasteiger partial charge in [0.1, 0.15) is 0 Å². The van der Waals surface area contributed by atoms with E-state index in [4.69, 9.17) is 4.74 Å². The van der Waals surface area contributed by atoms with Crippen LogP contribution in [0.5, 0.6) is 0 Å². The quantitative estimate of drug-likeness (QED) is 0.656. The van der Waals surface area contributed by atoms with Gasteiger partial charge in [-0.05, 0) is 13.3 Å². The SMILES string of the molecule is CC1NCC=CCC1C(=O)N1CCOCC1. The van der Waals surface area contributed by atoms with E-state index in [2.05, 4.69) is 24.4 Å². The Labute approximate surface area is 96.6 Å². The van der Waals surface area contributed by atoms with Gasteiger partial charge in [-0.15, -0.1) is 0 Å². The van der Waals surface area contributed by atoms with Crippen molar-refractivity contribution in [2.24, 2.45) is 5.92 Å². The van der Waals surface area contributed by atoms with Gasteiger partial charge in [-0.3, -0.25) is 4.79 Å². The fourth-order valence-corrected chi connectivity index (χ4v) is 2.26. The molecule has 90 valence electrons. The van der Waals surface area contributed by atoms with Gasteiger partial charge >= 0.3 is 0 Å². The number of ether oxygens (including phenoxy) is 1. The van der Waals surface area contributed by atoms with Crippen molar-refractivity contribution in [3.05, 3.63) is 12.2 Å². The van der Waals surface area contributed by atoms with Crippen molar-refractivity contribution in [2.75, 3.05) is 32.8 Å². The lowest BCUT2D eigenvalue weighted by atomic mass is 9.96. The Morgan fingerprint density at radius 1 is 1.38 bits per heavy atom. The molecule has 2 rings (SSSR count). The van der Waals surface area contributed by atoms with E-state index in [1.54, 1.807) is 0 Å². The molecule has 16 heavy (non-hydrogen) atoms. The van der Waals surface area contributed by atoms with Crippen LogP contribution < -0.4 is 5.32 Å². The maximum atomic E-state index is 12.3. The van der Waals surface area contributed by atoms with E-state index in [9.17, 15) is 4.79 Å². The number of nitrogens with one attached hydrogen (secondary N) is 1. The number of allylic oxidation sites excluding steroid dienone is 1. The monoisotopic (exact) mass is 224 g/mol. The smallest absolute Gasteiger partial charge is 0.227 e. The lowest BCUT2D eigenvalue weighted by Crippen LogP contribution is -2.48. The Morgan fingerprint density at radius 3 is 2.88 bits per heavy atom. The predicted octanol–water partition coefficient (Wildman–Crippen LogP) is 0.399. The molecule has 4 nitrogen and oxygen atoms in total. The van der Waals surface area contributed by atoms with Crippen molar-refractivity contribution in [1.82, 2.24) is 10.2 Å². The van der Waals surface area contributed by atoms with Crippen LogP contribution in [0.4, 0.5) is 0 Å². The Balaban J connectivity index is 1.98. The summed E-state index contributed by atoms with van der Waals surface area (Å²) < 4.78 is 5.27. The Kier molecular flexibility index (Phi) is 3.96. The second kappa shape index (κ2) is 5.46. The van der Waals surface area contributed by atoms with Crippen molar-refractivity contribution in [3.63, 3.8) is 0 Å². The maximum absolute atomic E-state index is 12.3. The Morgan fingerprint density at radius 2 is 2.12 bits per heavy atom. The molecule has 0 saturated carbocycles. The summed E-state index contributed by atoms with van der Waals surface area (Å²) in [6.07, 6.45) is 5.06. The second-order valence-electron chi connectivity index (χ2n) is 4.45. The number of carbonyl (C=O) groups excluding carboxylic acids is 1. The fourth-order valence-electron chi connectivity index (χ4n) is 2.26. The molecule has 0 spiro atoms. The van der Waals surface area contributed by atoms with Gasteiger partial charge in [-0.25, -0.2) is 0 Å². The van der Waals surface area contributed by atoms with Gasteiger partial charge in [0.2, 0.25) is 5.91 Å². The Bertz CT molecular complexity index is 272. The lowest BCUT2D eigenvalue weighted by molar-refractivity contribution is -0.140. The zero-order valence-corrected chi connectivity index (χ0v) is 9.82. The van der Waals surface area contributed by atoms with Crippen LogP contribution in [0.25, 0.3) is 0 Å².